The molecule has 2 aliphatic heterocycles. The first kappa shape index (κ1) is 19.4. The third-order valence-corrected chi connectivity index (χ3v) is 5.92. The van der Waals surface area contributed by atoms with E-state index in [0.29, 0.717) is 24.2 Å². The van der Waals surface area contributed by atoms with E-state index in [4.69, 9.17) is 11.6 Å². The van der Waals surface area contributed by atoms with E-state index in [2.05, 4.69) is 26.5 Å². The van der Waals surface area contributed by atoms with Crippen LogP contribution < -0.4 is 5.32 Å². The monoisotopic (exact) mass is 402 g/mol. The maximum absolute atomic E-state index is 12.5. The van der Waals surface area contributed by atoms with Gasteiger partial charge >= 0.3 is 0 Å². The Morgan fingerprint density at radius 2 is 2.07 bits per heavy atom. The zero-order chi connectivity index (χ0) is 19.7. The molecule has 1 saturated heterocycles. The van der Waals surface area contributed by atoms with Crippen molar-refractivity contribution in [3.63, 3.8) is 0 Å². The molecular formula is C20H27ClN6O. The summed E-state index contributed by atoms with van der Waals surface area (Å²) in [5.41, 5.74) is 1.24. The average molecular weight is 403 g/mol. The van der Waals surface area contributed by atoms with Crippen molar-refractivity contribution >= 4 is 17.5 Å². The van der Waals surface area contributed by atoms with Crippen LogP contribution in [0.2, 0.25) is 5.02 Å². The largest absolute Gasteiger partial charge is 0.348 e. The molecule has 1 fully saturated rings. The molecule has 0 radical (unpaired) electrons. The first-order valence-electron chi connectivity index (χ1n) is 9.81. The molecule has 28 heavy (non-hydrogen) atoms. The number of likely N-dealkylation sites (N-methyl/N-ethyl adjacent to an activating group) is 1. The predicted octanol–water partition coefficient (Wildman–Crippen LogP) is 1.53. The molecule has 2 atom stereocenters. The number of likely N-dealkylation sites (tertiary alicyclic amines) is 1. The minimum atomic E-state index is -0.132. The molecule has 0 aliphatic carbocycles. The summed E-state index contributed by atoms with van der Waals surface area (Å²) in [6, 6.07) is 8.07. The van der Waals surface area contributed by atoms with Gasteiger partial charge in [-0.25, -0.2) is 0 Å². The number of amides is 1. The van der Waals surface area contributed by atoms with Gasteiger partial charge in [0.2, 0.25) is 5.82 Å². The molecule has 0 spiro atoms. The Hall–Kier alpha value is -1.96. The lowest BCUT2D eigenvalue weighted by Gasteiger charge is -2.25. The quantitative estimate of drug-likeness (QED) is 0.793. The lowest BCUT2D eigenvalue weighted by atomic mass is 9.89. The number of hydrogen-bond acceptors (Lipinski definition) is 5. The lowest BCUT2D eigenvalue weighted by molar-refractivity contribution is 0.0932. The first-order chi connectivity index (χ1) is 13.5. The van der Waals surface area contributed by atoms with Gasteiger partial charge in [0.25, 0.3) is 5.91 Å². The molecule has 3 heterocycles. The molecule has 4 rings (SSSR count). The van der Waals surface area contributed by atoms with Gasteiger partial charge in [0, 0.05) is 50.7 Å². The molecule has 1 amide bonds. The van der Waals surface area contributed by atoms with E-state index in [0.717, 1.165) is 50.0 Å². The van der Waals surface area contributed by atoms with Crippen molar-refractivity contribution in [2.24, 2.45) is 11.8 Å². The van der Waals surface area contributed by atoms with Gasteiger partial charge < -0.3 is 14.8 Å². The van der Waals surface area contributed by atoms with Gasteiger partial charge in [-0.2, -0.15) is 0 Å². The van der Waals surface area contributed by atoms with Crippen LogP contribution in [0.15, 0.2) is 24.3 Å². The fourth-order valence-electron chi connectivity index (χ4n) is 4.28. The number of nitrogens with zero attached hydrogens (tertiary/aromatic N) is 5. The molecule has 1 aromatic carbocycles. The van der Waals surface area contributed by atoms with Crippen LogP contribution in [0.3, 0.4) is 0 Å². The van der Waals surface area contributed by atoms with Gasteiger partial charge in [-0.15, -0.1) is 10.2 Å². The normalized spacial score (nSPS) is 21.6. The van der Waals surface area contributed by atoms with E-state index in [1.165, 1.54) is 5.56 Å². The molecule has 2 aromatic rings. The number of carbonyl (C=O) groups excluding carboxylic acids is 1. The van der Waals surface area contributed by atoms with Gasteiger partial charge in [0.1, 0.15) is 5.82 Å². The molecular weight excluding hydrogens is 376 g/mol. The minimum absolute atomic E-state index is 0.132. The summed E-state index contributed by atoms with van der Waals surface area (Å²) in [6.45, 7) is 5.20. The minimum Gasteiger partial charge on any atom is -0.348 e. The van der Waals surface area contributed by atoms with Gasteiger partial charge in [-0.3, -0.25) is 9.69 Å². The lowest BCUT2D eigenvalue weighted by Crippen LogP contribution is -2.35. The maximum atomic E-state index is 12.5. The first-order valence-corrected chi connectivity index (χ1v) is 10.2. The average Bonchev–Trinajstić information content (AvgIpc) is 3.21. The summed E-state index contributed by atoms with van der Waals surface area (Å²) < 4.78 is 2.02. The number of aromatic nitrogens is 3. The number of hydrogen-bond donors (Lipinski definition) is 1. The SMILES string of the molecule is CN(C)CCNC(=O)c1nnc2n1C[C@H]1CN(Cc3cccc(Cl)c3)C[C@H]1C2. The number of benzene rings is 1. The topological polar surface area (TPSA) is 66.3 Å². The van der Waals surface area contributed by atoms with E-state index < -0.39 is 0 Å². The van der Waals surface area contributed by atoms with E-state index in [-0.39, 0.29) is 5.91 Å². The van der Waals surface area contributed by atoms with E-state index in [9.17, 15) is 4.79 Å². The van der Waals surface area contributed by atoms with Crippen molar-refractivity contribution in [3.8, 4) is 0 Å². The van der Waals surface area contributed by atoms with Crippen LogP contribution in [0.25, 0.3) is 0 Å². The van der Waals surface area contributed by atoms with E-state index in [1.54, 1.807) is 0 Å². The summed E-state index contributed by atoms with van der Waals surface area (Å²) in [5, 5.41) is 12.2. The van der Waals surface area contributed by atoms with Crippen molar-refractivity contribution in [1.29, 1.82) is 0 Å². The van der Waals surface area contributed by atoms with Crippen LogP contribution in [0.1, 0.15) is 22.0 Å². The summed E-state index contributed by atoms with van der Waals surface area (Å²) in [6.07, 6.45) is 0.884. The number of carbonyl (C=O) groups is 1. The van der Waals surface area contributed by atoms with Gasteiger partial charge in [0.15, 0.2) is 0 Å². The highest BCUT2D eigenvalue weighted by Gasteiger charge is 2.39. The van der Waals surface area contributed by atoms with Gasteiger partial charge in [-0.1, -0.05) is 23.7 Å². The highest BCUT2D eigenvalue weighted by Crippen LogP contribution is 2.33. The fraction of sp³-hybridized carbons (Fsp3) is 0.550. The standard InChI is InChI=1S/C20H27ClN6O/c1-25(2)7-6-22-20(28)19-24-23-18-9-15-11-26(12-16(15)13-27(18)19)10-14-4-3-5-17(21)8-14/h3-5,8,15-16H,6-7,9-13H2,1-2H3,(H,22,28)/t15-,16-/m1/s1. The summed E-state index contributed by atoms with van der Waals surface area (Å²) >= 11 is 6.12. The maximum Gasteiger partial charge on any atom is 0.289 e. The van der Waals surface area contributed by atoms with Crippen LogP contribution in [-0.4, -0.2) is 70.7 Å². The molecule has 0 bridgehead atoms. The van der Waals surface area contributed by atoms with Crippen molar-refractivity contribution in [2.75, 3.05) is 40.3 Å². The Labute approximate surface area is 170 Å². The summed E-state index contributed by atoms with van der Waals surface area (Å²) in [5.74, 6) is 2.34. The predicted molar refractivity (Wildman–Crippen MR) is 108 cm³/mol. The fourth-order valence-corrected chi connectivity index (χ4v) is 4.50. The van der Waals surface area contributed by atoms with Crippen LogP contribution in [-0.2, 0) is 19.5 Å². The van der Waals surface area contributed by atoms with Gasteiger partial charge in [-0.05, 0) is 43.6 Å². The van der Waals surface area contributed by atoms with Crippen LogP contribution >= 0.6 is 11.6 Å². The van der Waals surface area contributed by atoms with E-state index in [1.807, 2.05) is 41.8 Å². The van der Waals surface area contributed by atoms with Crippen molar-refractivity contribution in [3.05, 3.63) is 46.5 Å². The smallest absolute Gasteiger partial charge is 0.289 e. The number of nitrogens with one attached hydrogen (secondary N) is 1. The zero-order valence-electron chi connectivity index (χ0n) is 16.4. The van der Waals surface area contributed by atoms with Crippen molar-refractivity contribution < 1.29 is 4.79 Å². The Balaban J connectivity index is 1.39. The third-order valence-electron chi connectivity index (χ3n) is 5.68. The highest BCUT2D eigenvalue weighted by atomic mass is 35.5. The highest BCUT2D eigenvalue weighted by molar-refractivity contribution is 6.30. The zero-order valence-corrected chi connectivity index (χ0v) is 17.2. The molecule has 1 N–H and O–H groups in total. The molecule has 2 aliphatic rings. The van der Waals surface area contributed by atoms with Crippen LogP contribution in [0.4, 0.5) is 0 Å². The Morgan fingerprint density at radius 3 is 2.86 bits per heavy atom. The second-order valence-electron chi connectivity index (χ2n) is 8.16. The molecule has 0 unspecified atom stereocenters. The Bertz CT molecular complexity index is 851. The van der Waals surface area contributed by atoms with Gasteiger partial charge in [0.05, 0.1) is 0 Å². The van der Waals surface area contributed by atoms with E-state index >= 15 is 0 Å². The van der Waals surface area contributed by atoms with Crippen molar-refractivity contribution in [1.82, 2.24) is 29.9 Å². The Kier molecular flexibility index (Phi) is 5.66. The van der Waals surface area contributed by atoms with Crippen molar-refractivity contribution in [2.45, 2.75) is 19.5 Å². The second-order valence-corrected chi connectivity index (χ2v) is 8.59. The number of rotatable bonds is 6. The molecule has 0 saturated carbocycles. The second kappa shape index (κ2) is 8.19. The Morgan fingerprint density at radius 1 is 1.25 bits per heavy atom. The number of fused-ring (bicyclic) bond motifs is 2. The summed E-state index contributed by atoms with van der Waals surface area (Å²) in [7, 11) is 3.97. The summed E-state index contributed by atoms with van der Waals surface area (Å²) in [4.78, 5) is 17.0. The van der Waals surface area contributed by atoms with Crippen LogP contribution in [0, 0.1) is 11.8 Å². The van der Waals surface area contributed by atoms with Crippen LogP contribution in [0.5, 0.6) is 0 Å². The molecule has 7 nitrogen and oxygen atoms in total. The molecule has 150 valence electrons. The molecule has 8 heteroatoms. The number of halogens is 1. The third kappa shape index (κ3) is 4.21. The molecule has 1 aromatic heterocycles.